The minimum atomic E-state index is -0.462. The molecule has 18 heavy (non-hydrogen) atoms. The van der Waals surface area contributed by atoms with Gasteiger partial charge in [0.05, 0.1) is 5.60 Å². The molecule has 1 saturated heterocycles. The zero-order chi connectivity index (χ0) is 12.6. The lowest BCUT2D eigenvalue weighted by atomic mass is 9.67. The number of halogens is 1. The fourth-order valence-electron chi connectivity index (χ4n) is 3.67. The highest BCUT2D eigenvalue weighted by atomic mass is 35.5. The zero-order valence-electron chi connectivity index (χ0n) is 10.5. The Bertz CT molecular complexity index is 432. The predicted octanol–water partition coefficient (Wildman–Crippen LogP) is 3.30. The number of rotatable bonds is 1. The van der Waals surface area contributed by atoms with Gasteiger partial charge in [0.2, 0.25) is 0 Å². The van der Waals surface area contributed by atoms with E-state index in [-0.39, 0.29) is 6.04 Å². The number of aliphatic hydroxyl groups is 1. The van der Waals surface area contributed by atoms with Crippen molar-refractivity contribution in [2.75, 3.05) is 6.54 Å². The van der Waals surface area contributed by atoms with Crippen molar-refractivity contribution in [1.29, 1.82) is 0 Å². The summed E-state index contributed by atoms with van der Waals surface area (Å²) < 4.78 is 0. The van der Waals surface area contributed by atoms with Gasteiger partial charge in [0.1, 0.15) is 0 Å². The molecule has 0 unspecified atom stereocenters. The summed E-state index contributed by atoms with van der Waals surface area (Å²) in [7, 11) is 0. The van der Waals surface area contributed by atoms with Gasteiger partial charge in [-0.2, -0.15) is 0 Å². The summed E-state index contributed by atoms with van der Waals surface area (Å²) in [5.74, 6) is 0.332. The first-order chi connectivity index (χ1) is 8.69. The first kappa shape index (κ1) is 12.5. The Labute approximate surface area is 113 Å². The maximum atomic E-state index is 10.8. The molecule has 1 saturated carbocycles. The Morgan fingerprint density at radius 1 is 1.28 bits per heavy atom. The number of benzene rings is 1. The molecule has 1 aromatic rings. The molecule has 0 amide bonds. The second-order valence-corrected chi connectivity index (χ2v) is 6.13. The van der Waals surface area contributed by atoms with Gasteiger partial charge in [-0.3, -0.25) is 0 Å². The van der Waals surface area contributed by atoms with Crippen molar-refractivity contribution >= 4 is 11.6 Å². The number of piperidine rings is 1. The molecule has 0 radical (unpaired) electrons. The summed E-state index contributed by atoms with van der Waals surface area (Å²) in [6.07, 6.45) is 5.34. The summed E-state index contributed by atoms with van der Waals surface area (Å²) in [5, 5.41) is 15.2. The standard InChI is InChI=1S/C15H20ClNO/c16-12-5-3-4-11(10-12)14-13-6-1-2-7-15(13,18)8-9-17-14/h3-5,10,13-14,17-18H,1-2,6-9H2/t13-,14-,15+/m1/s1. The molecule has 2 N–H and O–H groups in total. The third-order valence-corrected chi connectivity index (χ3v) is 4.83. The lowest BCUT2D eigenvalue weighted by molar-refractivity contribution is -0.0861. The Morgan fingerprint density at radius 3 is 3.00 bits per heavy atom. The van der Waals surface area contributed by atoms with Gasteiger partial charge >= 0.3 is 0 Å². The molecule has 3 atom stereocenters. The first-order valence-corrected chi connectivity index (χ1v) is 7.28. The summed E-state index contributed by atoms with van der Waals surface area (Å²) in [6, 6.07) is 8.29. The van der Waals surface area contributed by atoms with Crippen LogP contribution < -0.4 is 5.32 Å². The maximum Gasteiger partial charge on any atom is 0.0706 e. The Hall–Kier alpha value is -0.570. The Kier molecular flexibility index (Phi) is 3.35. The molecule has 98 valence electrons. The summed E-state index contributed by atoms with van der Waals surface area (Å²) >= 11 is 6.08. The largest absolute Gasteiger partial charge is 0.389 e. The van der Waals surface area contributed by atoms with Gasteiger partial charge in [-0.05, 0) is 43.5 Å². The molecule has 2 aliphatic rings. The molecule has 0 spiro atoms. The van der Waals surface area contributed by atoms with Crippen molar-refractivity contribution in [2.24, 2.45) is 5.92 Å². The number of hydrogen-bond donors (Lipinski definition) is 2. The van der Waals surface area contributed by atoms with Crippen LogP contribution in [0.5, 0.6) is 0 Å². The molecule has 1 heterocycles. The van der Waals surface area contributed by atoms with Crippen LogP contribution in [0.2, 0.25) is 5.02 Å². The molecule has 0 bridgehead atoms. The molecule has 3 rings (SSSR count). The highest BCUT2D eigenvalue weighted by molar-refractivity contribution is 6.30. The highest BCUT2D eigenvalue weighted by Gasteiger charge is 2.45. The van der Waals surface area contributed by atoms with E-state index in [1.54, 1.807) is 0 Å². The predicted molar refractivity (Wildman–Crippen MR) is 73.7 cm³/mol. The van der Waals surface area contributed by atoms with Gasteiger partial charge < -0.3 is 10.4 Å². The molecular weight excluding hydrogens is 246 g/mol. The SMILES string of the molecule is O[C@]12CCCC[C@@H]1[C@@H](c1cccc(Cl)c1)NCC2. The van der Waals surface area contributed by atoms with Crippen molar-refractivity contribution in [3.05, 3.63) is 34.9 Å². The number of fused-ring (bicyclic) bond motifs is 1. The fourth-order valence-corrected chi connectivity index (χ4v) is 3.87. The smallest absolute Gasteiger partial charge is 0.0706 e. The van der Waals surface area contributed by atoms with E-state index >= 15 is 0 Å². The van der Waals surface area contributed by atoms with Crippen LogP contribution in [0, 0.1) is 5.92 Å². The number of nitrogens with one attached hydrogen (secondary N) is 1. The lowest BCUT2D eigenvalue weighted by Gasteiger charge is -2.48. The fraction of sp³-hybridized carbons (Fsp3) is 0.600. The van der Waals surface area contributed by atoms with Crippen LogP contribution in [0.3, 0.4) is 0 Å². The van der Waals surface area contributed by atoms with Crippen molar-refractivity contribution in [2.45, 2.75) is 43.7 Å². The molecule has 1 aliphatic heterocycles. The average Bonchev–Trinajstić information content (AvgIpc) is 2.37. The normalized spacial score (nSPS) is 36.1. The molecule has 0 aromatic heterocycles. The van der Waals surface area contributed by atoms with Crippen LogP contribution in [0.4, 0.5) is 0 Å². The maximum absolute atomic E-state index is 10.8. The lowest BCUT2D eigenvalue weighted by Crippen LogP contribution is -2.53. The van der Waals surface area contributed by atoms with E-state index in [1.807, 2.05) is 18.2 Å². The topological polar surface area (TPSA) is 32.3 Å². The van der Waals surface area contributed by atoms with Gasteiger partial charge in [-0.25, -0.2) is 0 Å². The summed E-state index contributed by atoms with van der Waals surface area (Å²) in [5.41, 5.74) is 0.753. The molecular formula is C15H20ClNO. The van der Waals surface area contributed by atoms with Crippen molar-refractivity contribution in [3.63, 3.8) is 0 Å². The average molecular weight is 266 g/mol. The van der Waals surface area contributed by atoms with Gasteiger partial charge in [-0.1, -0.05) is 36.6 Å². The van der Waals surface area contributed by atoms with Gasteiger partial charge in [-0.15, -0.1) is 0 Å². The van der Waals surface area contributed by atoms with E-state index in [2.05, 4.69) is 11.4 Å². The number of hydrogen-bond acceptors (Lipinski definition) is 2. The van der Waals surface area contributed by atoms with E-state index in [0.717, 1.165) is 37.3 Å². The highest BCUT2D eigenvalue weighted by Crippen LogP contribution is 2.45. The summed E-state index contributed by atoms with van der Waals surface area (Å²) in [6.45, 7) is 0.893. The third kappa shape index (κ3) is 2.18. The van der Waals surface area contributed by atoms with E-state index < -0.39 is 5.60 Å². The van der Waals surface area contributed by atoms with Crippen LogP contribution in [0.1, 0.15) is 43.7 Å². The molecule has 2 fully saturated rings. The summed E-state index contributed by atoms with van der Waals surface area (Å²) in [4.78, 5) is 0. The first-order valence-electron chi connectivity index (χ1n) is 6.90. The zero-order valence-corrected chi connectivity index (χ0v) is 11.3. The second kappa shape index (κ2) is 4.84. The van der Waals surface area contributed by atoms with Crippen LogP contribution in [0.15, 0.2) is 24.3 Å². The van der Waals surface area contributed by atoms with E-state index in [1.165, 1.54) is 12.0 Å². The molecule has 1 aliphatic carbocycles. The van der Waals surface area contributed by atoms with Crippen molar-refractivity contribution in [1.82, 2.24) is 5.32 Å². The quantitative estimate of drug-likeness (QED) is 0.817. The van der Waals surface area contributed by atoms with Gasteiger partial charge in [0, 0.05) is 17.0 Å². The van der Waals surface area contributed by atoms with Crippen molar-refractivity contribution < 1.29 is 5.11 Å². The van der Waals surface area contributed by atoms with E-state index in [9.17, 15) is 5.11 Å². The minimum absolute atomic E-state index is 0.253. The van der Waals surface area contributed by atoms with E-state index in [4.69, 9.17) is 11.6 Å². The Balaban J connectivity index is 1.91. The van der Waals surface area contributed by atoms with Crippen LogP contribution in [-0.2, 0) is 0 Å². The molecule has 2 nitrogen and oxygen atoms in total. The molecule has 3 heteroatoms. The van der Waals surface area contributed by atoms with Gasteiger partial charge in [0.15, 0.2) is 0 Å². The minimum Gasteiger partial charge on any atom is -0.389 e. The molecule has 1 aromatic carbocycles. The second-order valence-electron chi connectivity index (χ2n) is 5.69. The van der Waals surface area contributed by atoms with Crippen LogP contribution in [0.25, 0.3) is 0 Å². The Morgan fingerprint density at radius 2 is 2.17 bits per heavy atom. The van der Waals surface area contributed by atoms with Crippen LogP contribution in [-0.4, -0.2) is 17.3 Å². The third-order valence-electron chi connectivity index (χ3n) is 4.60. The van der Waals surface area contributed by atoms with Gasteiger partial charge in [0.25, 0.3) is 0 Å². The van der Waals surface area contributed by atoms with Crippen molar-refractivity contribution in [3.8, 4) is 0 Å². The monoisotopic (exact) mass is 265 g/mol. The van der Waals surface area contributed by atoms with E-state index in [0.29, 0.717) is 5.92 Å². The van der Waals surface area contributed by atoms with Crippen LogP contribution >= 0.6 is 11.6 Å².